The summed E-state index contributed by atoms with van der Waals surface area (Å²) in [7, 11) is 0. The lowest BCUT2D eigenvalue weighted by molar-refractivity contribution is 0.00304. The first kappa shape index (κ1) is 17.8. The minimum atomic E-state index is -0.667. The minimum absolute atomic E-state index is 0.156. The van der Waals surface area contributed by atoms with Gasteiger partial charge in [-0.3, -0.25) is 0 Å². The Morgan fingerprint density at radius 2 is 0.944 bits per heavy atom. The van der Waals surface area contributed by atoms with Crippen LogP contribution in [0.25, 0.3) is 0 Å². The molecule has 3 heterocycles. The van der Waals surface area contributed by atoms with Gasteiger partial charge in [-0.2, -0.15) is 0 Å². The first-order valence-electron chi connectivity index (χ1n) is 6.69. The van der Waals surface area contributed by atoms with Gasteiger partial charge in [-0.15, -0.1) is 0 Å². The van der Waals surface area contributed by atoms with Crippen molar-refractivity contribution < 1.29 is 15.3 Å². The minimum Gasteiger partial charge on any atom is -0.396 e. The summed E-state index contributed by atoms with van der Waals surface area (Å²) in [5.74, 6) is 0. The molecule has 6 N–H and O–H groups in total. The van der Waals surface area contributed by atoms with E-state index in [4.69, 9.17) is 15.3 Å². The van der Waals surface area contributed by atoms with Gasteiger partial charge in [0.05, 0.1) is 19.8 Å². The number of aliphatic hydroxyl groups is 3. The van der Waals surface area contributed by atoms with Gasteiger partial charge in [0.2, 0.25) is 0 Å². The summed E-state index contributed by atoms with van der Waals surface area (Å²) in [6, 6.07) is 0. The zero-order valence-electron chi connectivity index (χ0n) is 11.4. The summed E-state index contributed by atoms with van der Waals surface area (Å²) in [5.41, 5.74) is -0.667. The third-order valence-corrected chi connectivity index (χ3v) is 2.51. The van der Waals surface area contributed by atoms with Crippen LogP contribution in [0, 0.1) is 5.41 Å². The molecule has 0 spiro atoms. The molecule has 18 heavy (non-hydrogen) atoms. The standard InChI is InChI=1S/C6H14O3.3C2H5N/c1-2-6(3-7,4-8)5-9;3*1-2-3-1/h7-9H,2-5H2,1H3;3*3H,1-2H2. The van der Waals surface area contributed by atoms with Crippen molar-refractivity contribution in [3.8, 4) is 0 Å². The summed E-state index contributed by atoms with van der Waals surface area (Å²) in [6.07, 6.45) is 0.594. The Balaban J connectivity index is 0.000000253. The molecule has 6 heteroatoms. The Kier molecular flexibility index (Phi) is 11.7. The maximum Gasteiger partial charge on any atom is 0.0531 e. The molecule has 110 valence electrons. The van der Waals surface area contributed by atoms with Crippen LogP contribution < -0.4 is 16.0 Å². The Bertz CT molecular complexity index is 132. The maximum atomic E-state index is 8.66. The molecule has 0 unspecified atom stereocenters. The van der Waals surface area contributed by atoms with E-state index in [9.17, 15) is 0 Å². The van der Waals surface area contributed by atoms with Gasteiger partial charge in [-0.05, 0) is 6.42 Å². The van der Waals surface area contributed by atoms with Crippen molar-refractivity contribution in [1.29, 1.82) is 0 Å². The summed E-state index contributed by atoms with van der Waals surface area (Å²) >= 11 is 0. The number of hydrogen-bond donors (Lipinski definition) is 6. The molecule has 3 fully saturated rings. The Morgan fingerprint density at radius 1 is 0.722 bits per heavy atom. The zero-order chi connectivity index (χ0) is 13.7. The SMILES string of the molecule is C1CN1.C1CN1.C1CN1.CCC(CO)(CO)CO. The molecule has 0 aromatic heterocycles. The molecule has 6 nitrogen and oxygen atoms in total. The molecular formula is C12H29N3O3. The van der Waals surface area contributed by atoms with E-state index >= 15 is 0 Å². The van der Waals surface area contributed by atoms with E-state index in [1.54, 1.807) is 0 Å². The Morgan fingerprint density at radius 3 is 0.944 bits per heavy atom. The lowest BCUT2D eigenvalue weighted by Gasteiger charge is -2.24. The molecular weight excluding hydrogens is 234 g/mol. The molecule has 0 atom stereocenters. The second-order valence-corrected chi connectivity index (χ2v) is 4.58. The summed E-state index contributed by atoms with van der Waals surface area (Å²) in [4.78, 5) is 0. The van der Waals surface area contributed by atoms with Gasteiger partial charge in [0.25, 0.3) is 0 Å². The van der Waals surface area contributed by atoms with Crippen LogP contribution >= 0.6 is 0 Å². The van der Waals surface area contributed by atoms with Gasteiger partial charge in [0, 0.05) is 44.7 Å². The summed E-state index contributed by atoms with van der Waals surface area (Å²) in [5, 5.41) is 35.0. The molecule has 0 amide bonds. The average molecular weight is 263 g/mol. The van der Waals surface area contributed by atoms with E-state index in [0.717, 1.165) is 0 Å². The predicted molar refractivity (Wildman–Crippen MR) is 72.6 cm³/mol. The van der Waals surface area contributed by atoms with E-state index in [2.05, 4.69) is 16.0 Å². The van der Waals surface area contributed by atoms with E-state index in [1.807, 2.05) is 6.92 Å². The highest BCUT2D eigenvalue weighted by atomic mass is 16.3. The number of rotatable bonds is 4. The highest BCUT2D eigenvalue weighted by Crippen LogP contribution is 2.18. The first-order valence-corrected chi connectivity index (χ1v) is 6.69. The smallest absolute Gasteiger partial charge is 0.0531 e. The molecule has 3 aliphatic heterocycles. The molecule has 0 bridgehead atoms. The molecule has 0 saturated carbocycles. The second kappa shape index (κ2) is 11.8. The van der Waals surface area contributed by atoms with Crippen LogP contribution in [-0.2, 0) is 0 Å². The largest absolute Gasteiger partial charge is 0.396 e. The fourth-order valence-electron chi connectivity index (χ4n) is 0.485. The van der Waals surface area contributed by atoms with E-state index in [-0.39, 0.29) is 19.8 Å². The van der Waals surface area contributed by atoms with E-state index in [1.165, 1.54) is 39.3 Å². The van der Waals surface area contributed by atoms with Gasteiger partial charge in [0.15, 0.2) is 0 Å². The lowest BCUT2D eigenvalue weighted by Crippen LogP contribution is -2.32. The fourth-order valence-corrected chi connectivity index (χ4v) is 0.485. The normalized spacial score (nSPS) is 18.0. The maximum absolute atomic E-state index is 8.66. The van der Waals surface area contributed by atoms with Crippen LogP contribution in [0.3, 0.4) is 0 Å². The molecule has 0 aromatic rings. The molecule has 3 saturated heterocycles. The summed E-state index contributed by atoms with van der Waals surface area (Å²) in [6.45, 7) is 8.85. The molecule has 3 aliphatic rings. The Labute approximate surface area is 110 Å². The van der Waals surface area contributed by atoms with Crippen LogP contribution in [0.15, 0.2) is 0 Å². The van der Waals surface area contributed by atoms with Crippen molar-refractivity contribution in [3.05, 3.63) is 0 Å². The monoisotopic (exact) mass is 263 g/mol. The van der Waals surface area contributed by atoms with Crippen molar-refractivity contribution in [3.63, 3.8) is 0 Å². The van der Waals surface area contributed by atoms with Crippen molar-refractivity contribution in [2.24, 2.45) is 5.41 Å². The zero-order valence-corrected chi connectivity index (χ0v) is 11.4. The van der Waals surface area contributed by atoms with Crippen LogP contribution in [0.5, 0.6) is 0 Å². The quantitative estimate of drug-likeness (QED) is 0.330. The number of nitrogens with one attached hydrogen (secondary N) is 3. The van der Waals surface area contributed by atoms with Crippen LogP contribution in [0.2, 0.25) is 0 Å². The van der Waals surface area contributed by atoms with Gasteiger partial charge < -0.3 is 31.3 Å². The van der Waals surface area contributed by atoms with Crippen molar-refractivity contribution in [2.75, 3.05) is 59.1 Å². The predicted octanol–water partition coefficient (Wildman–Crippen LogP) is -1.87. The molecule has 0 aliphatic carbocycles. The highest BCUT2D eigenvalue weighted by Gasteiger charge is 2.24. The van der Waals surface area contributed by atoms with Crippen molar-refractivity contribution >= 4 is 0 Å². The van der Waals surface area contributed by atoms with Crippen molar-refractivity contribution in [2.45, 2.75) is 13.3 Å². The lowest BCUT2D eigenvalue weighted by atomic mass is 9.88. The van der Waals surface area contributed by atoms with Crippen LogP contribution in [0.1, 0.15) is 13.3 Å². The topological polar surface area (TPSA) is 127 Å². The first-order chi connectivity index (χ1) is 8.74. The van der Waals surface area contributed by atoms with Crippen LogP contribution in [-0.4, -0.2) is 74.4 Å². The molecule has 0 radical (unpaired) electrons. The van der Waals surface area contributed by atoms with Gasteiger partial charge in [0.1, 0.15) is 0 Å². The van der Waals surface area contributed by atoms with Crippen LogP contribution in [0.4, 0.5) is 0 Å². The highest BCUT2D eigenvalue weighted by molar-refractivity contribution is 4.74. The van der Waals surface area contributed by atoms with Gasteiger partial charge in [-0.25, -0.2) is 0 Å². The Hall–Kier alpha value is -0.240. The fraction of sp³-hybridized carbons (Fsp3) is 1.00. The van der Waals surface area contributed by atoms with E-state index < -0.39 is 5.41 Å². The third-order valence-electron chi connectivity index (χ3n) is 2.51. The van der Waals surface area contributed by atoms with E-state index in [0.29, 0.717) is 6.42 Å². The second-order valence-electron chi connectivity index (χ2n) is 4.58. The third kappa shape index (κ3) is 15.8. The molecule has 3 rings (SSSR count). The van der Waals surface area contributed by atoms with Crippen molar-refractivity contribution in [1.82, 2.24) is 16.0 Å². The molecule has 0 aromatic carbocycles. The van der Waals surface area contributed by atoms with Gasteiger partial charge >= 0.3 is 0 Å². The average Bonchev–Trinajstić information content (AvgIpc) is 3.34. The van der Waals surface area contributed by atoms with Gasteiger partial charge in [-0.1, -0.05) is 6.92 Å². The number of hydrogen-bond acceptors (Lipinski definition) is 6. The summed E-state index contributed by atoms with van der Waals surface area (Å²) < 4.78 is 0. The number of aliphatic hydroxyl groups excluding tert-OH is 3.